The number of carbonyl (C=O) groups is 1. The monoisotopic (exact) mass is 312 g/mol. The van der Waals surface area contributed by atoms with Gasteiger partial charge in [-0.2, -0.15) is 0 Å². The molecule has 1 unspecified atom stereocenters. The van der Waals surface area contributed by atoms with Crippen molar-refractivity contribution < 1.29 is 9.90 Å². The van der Waals surface area contributed by atoms with Crippen molar-refractivity contribution in [2.24, 2.45) is 0 Å². The molecule has 1 saturated heterocycles. The highest BCUT2D eigenvalue weighted by atomic mass is 32.1. The summed E-state index contributed by atoms with van der Waals surface area (Å²) in [6, 6.07) is 0.448. The van der Waals surface area contributed by atoms with E-state index in [1.807, 2.05) is 5.38 Å². The summed E-state index contributed by atoms with van der Waals surface area (Å²) in [7, 11) is 4.27. The number of hydrogen-bond donors (Lipinski definition) is 2. The Bertz CT molecular complexity index is 503. The van der Waals surface area contributed by atoms with Gasteiger partial charge in [0.2, 0.25) is 0 Å². The second kappa shape index (κ2) is 6.29. The molecule has 0 bridgehead atoms. The molecule has 118 valence electrons. The molecule has 1 aromatic heterocycles. The first-order valence-electron chi connectivity index (χ1n) is 7.12. The summed E-state index contributed by atoms with van der Waals surface area (Å²) in [4.78, 5) is 20.3. The zero-order chi connectivity index (χ0) is 15.6. The second-order valence-electron chi connectivity index (χ2n) is 6.25. The van der Waals surface area contributed by atoms with E-state index in [0.717, 1.165) is 31.3 Å². The Hall–Kier alpha value is -1.18. The van der Waals surface area contributed by atoms with E-state index >= 15 is 0 Å². The van der Waals surface area contributed by atoms with Crippen LogP contribution in [0.25, 0.3) is 0 Å². The van der Waals surface area contributed by atoms with Crippen molar-refractivity contribution in [2.75, 3.05) is 45.6 Å². The van der Waals surface area contributed by atoms with Crippen molar-refractivity contribution in [3.8, 4) is 0 Å². The summed E-state index contributed by atoms with van der Waals surface area (Å²) in [5.74, 6) is -0.854. The van der Waals surface area contributed by atoms with E-state index in [-0.39, 0.29) is 0 Å². The van der Waals surface area contributed by atoms with Crippen LogP contribution in [0.15, 0.2) is 5.38 Å². The van der Waals surface area contributed by atoms with Gasteiger partial charge in [-0.25, -0.2) is 4.98 Å². The molecule has 1 atom stereocenters. The maximum absolute atomic E-state index is 11.2. The fourth-order valence-corrected chi connectivity index (χ4v) is 3.17. The van der Waals surface area contributed by atoms with E-state index in [4.69, 9.17) is 0 Å². The Morgan fingerprint density at radius 1 is 1.52 bits per heavy atom. The molecule has 1 aromatic rings. The molecular formula is C14H24N4O2S. The highest BCUT2D eigenvalue weighted by molar-refractivity contribution is 7.13. The summed E-state index contributed by atoms with van der Waals surface area (Å²) in [6.07, 6.45) is 0. The molecule has 0 saturated carbocycles. The first-order chi connectivity index (χ1) is 9.80. The van der Waals surface area contributed by atoms with E-state index in [0.29, 0.717) is 11.7 Å². The van der Waals surface area contributed by atoms with Crippen LogP contribution in [0.5, 0.6) is 0 Å². The van der Waals surface area contributed by atoms with Crippen molar-refractivity contribution in [2.45, 2.75) is 25.3 Å². The average molecular weight is 312 g/mol. The lowest BCUT2D eigenvalue weighted by Gasteiger charge is -2.37. The number of nitrogens with one attached hydrogen (secondary N) is 1. The fraction of sp³-hybridized carbons (Fsp3) is 0.714. The Kier molecular flexibility index (Phi) is 4.85. The van der Waals surface area contributed by atoms with Crippen LogP contribution in [0.3, 0.4) is 0 Å². The minimum atomic E-state index is -0.946. The Morgan fingerprint density at radius 2 is 2.24 bits per heavy atom. The number of hydrogen-bond acceptors (Lipinski definition) is 6. The quantitative estimate of drug-likeness (QED) is 0.850. The summed E-state index contributed by atoms with van der Waals surface area (Å²) >= 11 is 1.47. The lowest BCUT2D eigenvalue weighted by atomic mass is 9.90. The van der Waals surface area contributed by atoms with E-state index in [1.54, 1.807) is 13.8 Å². The normalized spacial score (nSPS) is 21.4. The molecule has 0 aliphatic carbocycles. The van der Waals surface area contributed by atoms with Gasteiger partial charge in [-0.15, -0.1) is 11.3 Å². The van der Waals surface area contributed by atoms with Gasteiger partial charge in [0.25, 0.3) is 0 Å². The molecule has 1 aliphatic rings. The third kappa shape index (κ3) is 3.72. The summed E-state index contributed by atoms with van der Waals surface area (Å²) in [5, 5.41) is 15.2. The number of likely N-dealkylation sites (N-methyl/N-ethyl adjacent to an activating group) is 2. The second-order valence-corrected chi connectivity index (χ2v) is 7.10. The zero-order valence-electron chi connectivity index (χ0n) is 13.1. The van der Waals surface area contributed by atoms with Crippen molar-refractivity contribution >= 4 is 22.4 Å². The summed E-state index contributed by atoms with van der Waals surface area (Å²) in [5.41, 5.74) is -0.338. The fourth-order valence-electron chi connectivity index (χ4n) is 2.28. The number of piperazine rings is 1. The number of nitrogens with zero attached hydrogens (tertiary/aromatic N) is 3. The predicted molar refractivity (Wildman–Crippen MR) is 85.2 cm³/mol. The Morgan fingerprint density at radius 3 is 2.90 bits per heavy atom. The topological polar surface area (TPSA) is 68.7 Å². The number of aliphatic carboxylic acids is 1. The van der Waals surface area contributed by atoms with Gasteiger partial charge in [0.05, 0.1) is 5.69 Å². The molecule has 1 fully saturated rings. The van der Waals surface area contributed by atoms with E-state index in [1.165, 1.54) is 11.3 Å². The van der Waals surface area contributed by atoms with E-state index in [9.17, 15) is 9.90 Å². The number of carboxylic acids is 1. The van der Waals surface area contributed by atoms with E-state index < -0.39 is 11.4 Å². The van der Waals surface area contributed by atoms with Crippen molar-refractivity contribution in [3.05, 3.63) is 11.1 Å². The van der Waals surface area contributed by atoms with Gasteiger partial charge in [-0.1, -0.05) is 0 Å². The smallest absolute Gasteiger partial charge is 0.315 e. The number of aromatic nitrogens is 1. The lowest BCUT2D eigenvalue weighted by Crippen LogP contribution is -2.52. The van der Waals surface area contributed by atoms with Crippen LogP contribution in [0.1, 0.15) is 19.5 Å². The van der Waals surface area contributed by atoms with Crippen LogP contribution in [0, 0.1) is 0 Å². The minimum absolute atomic E-state index is 0.448. The molecule has 0 radical (unpaired) electrons. The van der Waals surface area contributed by atoms with Gasteiger partial charge in [0.1, 0.15) is 5.41 Å². The van der Waals surface area contributed by atoms with Crippen LogP contribution in [0.2, 0.25) is 0 Å². The molecule has 2 N–H and O–H groups in total. The van der Waals surface area contributed by atoms with Crippen LogP contribution in [0.4, 0.5) is 5.13 Å². The number of rotatable bonds is 5. The molecule has 0 aromatic carbocycles. The molecule has 2 heterocycles. The highest BCUT2D eigenvalue weighted by Crippen LogP contribution is 2.27. The molecule has 0 amide bonds. The van der Waals surface area contributed by atoms with Crippen LogP contribution >= 0.6 is 11.3 Å². The Balaban J connectivity index is 1.95. The minimum Gasteiger partial charge on any atom is -0.481 e. The number of carboxylic acid groups (broad SMARTS) is 1. The van der Waals surface area contributed by atoms with Crippen molar-refractivity contribution in [3.63, 3.8) is 0 Å². The molecule has 21 heavy (non-hydrogen) atoms. The molecule has 1 aliphatic heterocycles. The van der Waals surface area contributed by atoms with Gasteiger partial charge in [-0.05, 0) is 27.9 Å². The largest absolute Gasteiger partial charge is 0.481 e. The average Bonchev–Trinajstić information content (AvgIpc) is 2.89. The zero-order valence-corrected chi connectivity index (χ0v) is 13.9. The number of anilines is 1. The predicted octanol–water partition coefficient (Wildman–Crippen LogP) is 1.16. The van der Waals surface area contributed by atoms with Gasteiger partial charge >= 0.3 is 5.97 Å². The maximum atomic E-state index is 11.2. The summed E-state index contributed by atoms with van der Waals surface area (Å²) in [6.45, 7) is 7.37. The van der Waals surface area contributed by atoms with Crippen molar-refractivity contribution in [1.29, 1.82) is 0 Å². The highest BCUT2D eigenvalue weighted by Gasteiger charge is 2.32. The maximum Gasteiger partial charge on any atom is 0.315 e. The summed E-state index contributed by atoms with van der Waals surface area (Å²) < 4.78 is 0. The SMILES string of the molecule is CN1CCN(C)C(CNc2nc(C(C)(C)C(=O)O)cs2)C1. The third-order valence-electron chi connectivity index (χ3n) is 4.15. The molecule has 6 nitrogen and oxygen atoms in total. The molecular weight excluding hydrogens is 288 g/mol. The molecule has 0 spiro atoms. The van der Waals surface area contributed by atoms with Gasteiger partial charge in [0.15, 0.2) is 5.13 Å². The van der Waals surface area contributed by atoms with Crippen LogP contribution < -0.4 is 5.32 Å². The first-order valence-corrected chi connectivity index (χ1v) is 8.00. The number of thiazole rings is 1. The molecule has 7 heteroatoms. The molecule has 2 rings (SSSR count). The van der Waals surface area contributed by atoms with Crippen molar-refractivity contribution in [1.82, 2.24) is 14.8 Å². The van der Waals surface area contributed by atoms with Gasteiger partial charge in [-0.3, -0.25) is 9.69 Å². The van der Waals surface area contributed by atoms with Crippen LogP contribution in [-0.4, -0.2) is 72.2 Å². The van der Waals surface area contributed by atoms with Crippen LogP contribution in [-0.2, 0) is 10.2 Å². The third-order valence-corrected chi connectivity index (χ3v) is 4.95. The van der Waals surface area contributed by atoms with E-state index in [2.05, 4.69) is 34.2 Å². The Labute approximate surface area is 129 Å². The lowest BCUT2D eigenvalue weighted by molar-refractivity contribution is -0.142. The van der Waals surface area contributed by atoms with Gasteiger partial charge < -0.3 is 15.3 Å². The first kappa shape index (κ1) is 16.2. The standard InChI is InChI=1S/C14H24N4O2S/c1-14(2,12(19)20)11-9-21-13(16-11)15-7-10-8-17(3)5-6-18(10)4/h9-10H,5-8H2,1-4H3,(H,15,16)(H,19,20). The van der Waals surface area contributed by atoms with Gasteiger partial charge in [0, 0.05) is 37.6 Å².